The van der Waals surface area contributed by atoms with E-state index in [4.69, 9.17) is 15.9 Å². The number of hydrogen-bond acceptors (Lipinski definition) is 4. The van der Waals surface area contributed by atoms with Gasteiger partial charge in [-0.15, -0.1) is 0 Å². The van der Waals surface area contributed by atoms with Gasteiger partial charge in [0.1, 0.15) is 13.1 Å². The van der Waals surface area contributed by atoms with E-state index in [0.29, 0.717) is 13.1 Å². The second-order valence-corrected chi connectivity index (χ2v) is 4.64. The summed E-state index contributed by atoms with van der Waals surface area (Å²) in [5, 5.41) is 17.8. The van der Waals surface area contributed by atoms with Gasteiger partial charge in [0, 0.05) is 19.7 Å². The molecule has 1 fully saturated rings. The third kappa shape index (κ3) is 4.74. The molecule has 3 amide bonds. The van der Waals surface area contributed by atoms with Gasteiger partial charge in [-0.05, 0) is 18.8 Å². The number of carboxylic acid groups (broad SMARTS) is 1. The molecule has 108 valence electrons. The SMILES string of the molecule is NC(=O)CN(CC(=O)O)C(=O)N1CCCC(CO)C1. The van der Waals surface area contributed by atoms with Crippen molar-refractivity contribution >= 4 is 17.9 Å². The largest absolute Gasteiger partial charge is 0.480 e. The van der Waals surface area contributed by atoms with Crippen molar-refractivity contribution in [3.8, 4) is 0 Å². The molecule has 1 atom stereocenters. The Morgan fingerprint density at radius 1 is 1.32 bits per heavy atom. The number of likely N-dealkylation sites (tertiary alicyclic amines) is 1. The molecule has 4 N–H and O–H groups in total. The zero-order chi connectivity index (χ0) is 14.4. The number of carbonyl (C=O) groups excluding carboxylic acids is 2. The Hall–Kier alpha value is -1.83. The van der Waals surface area contributed by atoms with Gasteiger partial charge in [-0.2, -0.15) is 0 Å². The molecular formula is C11H19N3O5. The van der Waals surface area contributed by atoms with Crippen LogP contribution in [0.4, 0.5) is 4.79 Å². The van der Waals surface area contributed by atoms with Gasteiger partial charge in [0.25, 0.3) is 0 Å². The minimum absolute atomic E-state index is 0.00189. The highest BCUT2D eigenvalue weighted by Crippen LogP contribution is 2.17. The number of nitrogens with zero attached hydrogens (tertiary/aromatic N) is 2. The molecule has 0 aromatic rings. The molecule has 0 radical (unpaired) electrons. The van der Waals surface area contributed by atoms with E-state index in [1.165, 1.54) is 4.90 Å². The van der Waals surface area contributed by atoms with Crippen LogP contribution < -0.4 is 5.73 Å². The van der Waals surface area contributed by atoms with Crippen molar-refractivity contribution in [1.82, 2.24) is 9.80 Å². The molecule has 8 heteroatoms. The van der Waals surface area contributed by atoms with Crippen molar-refractivity contribution in [2.75, 3.05) is 32.8 Å². The maximum Gasteiger partial charge on any atom is 0.323 e. The summed E-state index contributed by atoms with van der Waals surface area (Å²) in [6, 6.07) is -0.528. The predicted octanol–water partition coefficient (Wildman–Crippen LogP) is -1.32. The summed E-state index contributed by atoms with van der Waals surface area (Å²) >= 11 is 0. The summed E-state index contributed by atoms with van der Waals surface area (Å²) in [4.78, 5) is 36.1. The number of primary amides is 1. The number of aliphatic hydroxyl groups excluding tert-OH is 1. The maximum atomic E-state index is 12.1. The highest BCUT2D eigenvalue weighted by molar-refractivity contribution is 5.86. The number of aliphatic carboxylic acids is 1. The average Bonchev–Trinajstić information content (AvgIpc) is 2.36. The van der Waals surface area contributed by atoms with Crippen LogP contribution in [-0.2, 0) is 9.59 Å². The number of aliphatic hydroxyl groups is 1. The average molecular weight is 273 g/mol. The van der Waals surface area contributed by atoms with E-state index in [9.17, 15) is 14.4 Å². The number of carboxylic acids is 1. The van der Waals surface area contributed by atoms with Crippen LogP contribution in [0, 0.1) is 5.92 Å². The molecule has 1 aliphatic rings. The number of urea groups is 1. The van der Waals surface area contributed by atoms with Crippen LogP contribution in [0.25, 0.3) is 0 Å². The van der Waals surface area contributed by atoms with Crippen LogP contribution in [0.15, 0.2) is 0 Å². The summed E-state index contributed by atoms with van der Waals surface area (Å²) in [7, 11) is 0. The number of piperidine rings is 1. The lowest BCUT2D eigenvalue weighted by Crippen LogP contribution is -2.51. The number of rotatable bonds is 5. The molecule has 1 unspecified atom stereocenters. The lowest BCUT2D eigenvalue weighted by Gasteiger charge is -2.35. The van der Waals surface area contributed by atoms with Gasteiger partial charge in [0.05, 0.1) is 0 Å². The lowest BCUT2D eigenvalue weighted by atomic mass is 9.99. The van der Waals surface area contributed by atoms with Crippen LogP contribution in [0.3, 0.4) is 0 Å². The van der Waals surface area contributed by atoms with E-state index >= 15 is 0 Å². The molecule has 0 aromatic carbocycles. The molecule has 8 nitrogen and oxygen atoms in total. The maximum absolute atomic E-state index is 12.1. The van der Waals surface area contributed by atoms with Crippen LogP contribution in [0.1, 0.15) is 12.8 Å². The zero-order valence-corrected chi connectivity index (χ0v) is 10.6. The smallest absolute Gasteiger partial charge is 0.323 e. The Balaban J connectivity index is 2.68. The van der Waals surface area contributed by atoms with E-state index in [2.05, 4.69) is 0 Å². The third-order valence-electron chi connectivity index (χ3n) is 2.99. The topological polar surface area (TPSA) is 124 Å². The summed E-state index contributed by atoms with van der Waals surface area (Å²) in [5.41, 5.74) is 5.01. The Bertz CT molecular complexity index is 344. The molecule has 0 saturated carbocycles. The van der Waals surface area contributed by atoms with Gasteiger partial charge < -0.3 is 25.7 Å². The highest BCUT2D eigenvalue weighted by Gasteiger charge is 2.28. The molecule has 0 spiro atoms. The molecule has 1 heterocycles. The first kappa shape index (κ1) is 15.2. The van der Waals surface area contributed by atoms with Crippen molar-refractivity contribution in [1.29, 1.82) is 0 Å². The Morgan fingerprint density at radius 2 is 2.00 bits per heavy atom. The van der Waals surface area contributed by atoms with Crippen LogP contribution in [0.2, 0.25) is 0 Å². The first-order valence-electron chi connectivity index (χ1n) is 6.08. The minimum atomic E-state index is -1.20. The Labute approximate surface area is 110 Å². The van der Waals surface area contributed by atoms with Crippen molar-refractivity contribution in [3.63, 3.8) is 0 Å². The van der Waals surface area contributed by atoms with E-state index in [1.807, 2.05) is 0 Å². The van der Waals surface area contributed by atoms with Crippen molar-refractivity contribution in [2.45, 2.75) is 12.8 Å². The lowest BCUT2D eigenvalue weighted by molar-refractivity contribution is -0.138. The normalized spacial score (nSPS) is 19.0. The van der Waals surface area contributed by atoms with Crippen LogP contribution in [-0.4, -0.2) is 70.7 Å². The fourth-order valence-corrected chi connectivity index (χ4v) is 2.13. The van der Waals surface area contributed by atoms with Gasteiger partial charge in [0.2, 0.25) is 5.91 Å². The number of hydrogen-bond donors (Lipinski definition) is 3. The van der Waals surface area contributed by atoms with E-state index in [0.717, 1.165) is 17.7 Å². The summed E-state index contributed by atoms with van der Waals surface area (Å²) in [5.74, 6) is -1.96. The van der Waals surface area contributed by atoms with Gasteiger partial charge in [-0.3, -0.25) is 9.59 Å². The summed E-state index contributed by atoms with van der Waals surface area (Å²) < 4.78 is 0. The van der Waals surface area contributed by atoms with Crippen molar-refractivity contribution in [2.24, 2.45) is 11.7 Å². The molecule has 0 aromatic heterocycles. The molecular weight excluding hydrogens is 254 g/mol. The van der Waals surface area contributed by atoms with E-state index in [1.54, 1.807) is 0 Å². The number of amides is 3. The molecule has 0 aliphatic carbocycles. The standard InChI is InChI=1S/C11H19N3O5/c12-9(16)5-14(6-10(17)18)11(19)13-3-1-2-8(4-13)7-15/h8,15H,1-7H2,(H2,12,16)(H,17,18). The van der Waals surface area contributed by atoms with Crippen LogP contribution in [0.5, 0.6) is 0 Å². The summed E-state index contributed by atoms with van der Waals surface area (Å²) in [6.07, 6.45) is 1.57. The minimum Gasteiger partial charge on any atom is -0.480 e. The van der Waals surface area contributed by atoms with Crippen molar-refractivity contribution in [3.05, 3.63) is 0 Å². The highest BCUT2D eigenvalue weighted by atomic mass is 16.4. The second kappa shape index (κ2) is 6.93. The fourth-order valence-electron chi connectivity index (χ4n) is 2.13. The van der Waals surface area contributed by atoms with Gasteiger partial charge in [-0.25, -0.2) is 4.79 Å². The Morgan fingerprint density at radius 3 is 2.53 bits per heavy atom. The monoisotopic (exact) mass is 273 g/mol. The molecule has 19 heavy (non-hydrogen) atoms. The second-order valence-electron chi connectivity index (χ2n) is 4.64. The van der Waals surface area contributed by atoms with Crippen LogP contribution >= 0.6 is 0 Å². The third-order valence-corrected chi connectivity index (χ3v) is 2.99. The first-order valence-corrected chi connectivity index (χ1v) is 6.08. The molecule has 1 rings (SSSR count). The quantitative estimate of drug-likeness (QED) is 0.573. The first-order chi connectivity index (χ1) is 8.93. The molecule has 1 saturated heterocycles. The zero-order valence-electron chi connectivity index (χ0n) is 10.6. The number of carbonyl (C=O) groups is 3. The molecule has 0 bridgehead atoms. The Kier molecular flexibility index (Phi) is 5.56. The number of nitrogens with two attached hydrogens (primary N) is 1. The van der Waals surface area contributed by atoms with E-state index < -0.39 is 31.0 Å². The molecule has 1 aliphatic heterocycles. The van der Waals surface area contributed by atoms with Gasteiger partial charge in [0.15, 0.2) is 0 Å². The van der Waals surface area contributed by atoms with Crippen molar-refractivity contribution < 1.29 is 24.6 Å². The van der Waals surface area contributed by atoms with Gasteiger partial charge >= 0.3 is 12.0 Å². The predicted molar refractivity (Wildman–Crippen MR) is 65.2 cm³/mol. The fraction of sp³-hybridized carbons (Fsp3) is 0.727. The van der Waals surface area contributed by atoms with E-state index in [-0.39, 0.29) is 12.5 Å². The summed E-state index contributed by atoms with van der Waals surface area (Å²) in [6.45, 7) is -0.152. The van der Waals surface area contributed by atoms with Gasteiger partial charge in [-0.1, -0.05) is 0 Å².